The lowest BCUT2D eigenvalue weighted by Gasteiger charge is -2.05. The normalized spacial score (nSPS) is 9.61. The zero-order valence-electron chi connectivity index (χ0n) is 9.71. The Morgan fingerprint density at radius 1 is 1.56 bits per heavy atom. The molecule has 0 spiro atoms. The fourth-order valence-corrected chi connectivity index (χ4v) is 1.36. The smallest absolute Gasteiger partial charge is 0.333 e. The van der Waals surface area contributed by atoms with Gasteiger partial charge >= 0.3 is 5.97 Å². The highest BCUT2D eigenvalue weighted by Gasteiger charge is 2.10. The number of nitrogens with zero attached hydrogens (tertiary/aromatic N) is 1. The van der Waals surface area contributed by atoms with Gasteiger partial charge in [-0.15, -0.1) is 0 Å². The number of esters is 1. The van der Waals surface area contributed by atoms with Crippen LogP contribution in [0, 0.1) is 10.1 Å². The molecule has 0 saturated heterocycles. The number of nitro benzene ring substituents is 1. The molecule has 0 bridgehead atoms. The maximum Gasteiger partial charge on any atom is 0.333 e. The molecule has 1 rings (SSSR count). The summed E-state index contributed by atoms with van der Waals surface area (Å²) in [5.41, 5.74) is 1.22. The zero-order valence-corrected chi connectivity index (χ0v) is 10.5. The van der Waals surface area contributed by atoms with Gasteiger partial charge in [0.25, 0.3) is 5.69 Å². The summed E-state index contributed by atoms with van der Waals surface area (Å²) in [5, 5.41) is 12.0. The molecule has 1 aromatic rings. The van der Waals surface area contributed by atoms with Gasteiger partial charge in [-0.3, -0.25) is 10.1 Å². The SMILES string of the molecule is C=C(C)C(=O)OCc1cc(C=S)cc([N+](=O)[O-])c1. The van der Waals surface area contributed by atoms with Gasteiger partial charge < -0.3 is 4.74 Å². The van der Waals surface area contributed by atoms with E-state index in [0.29, 0.717) is 11.1 Å². The van der Waals surface area contributed by atoms with Crippen LogP contribution < -0.4 is 0 Å². The third-order valence-electron chi connectivity index (χ3n) is 2.07. The van der Waals surface area contributed by atoms with Crippen molar-refractivity contribution < 1.29 is 14.5 Å². The second kappa shape index (κ2) is 6.02. The minimum absolute atomic E-state index is 0.0520. The Labute approximate surface area is 109 Å². The Hall–Kier alpha value is -2.08. The van der Waals surface area contributed by atoms with E-state index in [2.05, 4.69) is 6.58 Å². The average Bonchev–Trinajstić information content (AvgIpc) is 2.35. The molecule has 1 aromatic carbocycles. The third-order valence-corrected chi connectivity index (χ3v) is 2.34. The molecule has 0 atom stereocenters. The summed E-state index contributed by atoms with van der Waals surface area (Å²) in [6, 6.07) is 4.33. The van der Waals surface area contributed by atoms with E-state index >= 15 is 0 Å². The van der Waals surface area contributed by atoms with E-state index < -0.39 is 10.9 Å². The summed E-state index contributed by atoms with van der Waals surface area (Å²) in [6.07, 6.45) is 0. The number of rotatable bonds is 5. The molecule has 0 aliphatic carbocycles. The van der Waals surface area contributed by atoms with Gasteiger partial charge in [-0.25, -0.2) is 4.79 Å². The van der Waals surface area contributed by atoms with Crippen LogP contribution in [-0.4, -0.2) is 16.3 Å². The lowest BCUT2D eigenvalue weighted by atomic mass is 10.1. The van der Waals surface area contributed by atoms with E-state index in [-0.39, 0.29) is 17.9 Å². The van der Waals surface area contributed by atoms with Crippen molar-refractivity contribution >= 4 is 29.2 Å². The zero-order chi connectivity index (χ0) is 13.7. The van der Waals surface area contributed by atoms with Crippen LogP contribution in [0.5, 0.6) is 0 Å². The molecular weight excluding hydrogens is 254 g/mol. The number of hydrogen-bond donors (Lipinski definition) is 0. The molecule has 18 heavy (non-hydrogen) atoms. The first-order chi connectivity index (χ1) is 8.43. The maximum atomic E-state index is 11.2. The molecule has 0 amide bonds. The highest BCUT2D eigenvalue weighted by atomic mass is 32.1. The second-order valence-corrected chi connectivity index (χ2v) is 3.90. The Bertz CT molecular complexity index is 525. The number of hydrogen-bond acceptors (Lipinski definition) is 5. The van der Waals surface area contributed by atoms with Gasteiger partial charge in [0.05, 0.1) is 4.92 Å². The van der Waals surface area contributed by atoms with Crippen molar-refractivity contribution in [2.24, 2.45) is 0 Å². The monoisotopic (exact) mass is 265 g/mol. The topological polar surface area (TPSA) is 69.4 Å². The largest absolute Gasteiger partial charge is 0.457 e. The van der Waals surface area contributed by atoms with Crippen molar-refractivity contribution in [2.45, 2.75) is 13.5 Å². The number of nitro groups is 1. The van der Waals surface area contributed by atoms with E-state index in [0.717, 1.165) is 0 Å². The molecule has 0 aromatic heterocycles. The van der Waals surface area contributed by atoms with E-state index in [4.69, 9.17) is 17.0 Å². The maximum absolute atomic E-state index is 11.2. The molecule has 6 heteroatoms. The van der Waals surface area contributed by atoms with Gasteiger partial charge in [0, 0.05) is 23.1 Å². The van der Waals surface area contributed by atoms with Crippen LogP contribution in [0.4, 0.5) is 5.69 Å². The van der Waals surface area contributed by atoms with Crippen molar-refractivity contribution in [3.8, 4) is 0 Å². The third kappa shape index (κ3) is 3.74. The fourth-order valence-electron chi connectivity index (χ4n) is 1.23. The standard InChI is InChI=1S/C12H11NO4S/c1-8(2)12(14)17-6-9-3-10(7-18)5-11(4-9)13(15)16/h3-5,7H,1,6H2,2H3. The van der Waals surface area contributed by atoms with Crippen molar-refractivity contribution in [2.75, 3.05) is 0 Å². The van der Waals surface area contributed by atoms with Crippen LogP contribution in [0.3, 0.4) is 0 Å². The summed E-state index contributed by atoms with van der Waals surface area (Å²) >= 11 is 4.73. The predicted molar refractivity (Wildman–Crippen MR) is 70.5 cm³/mol. The summed E-state index contributed by atoms with van der Waals surface area (Å²) in [4.78, 5) is 21.4. The molecule has 0 fully saturated rings. The fraction of sp³-hybridized carbons (Fsp3) is 0.167. The lowest BCUT2D eigenvalue weighted by Crippen LogP contribution is -2.05. The Morgan fingerprint density at radius 2 is 2.22 bits per heavy atom. The van der Waals surface area contributed by atoms with Crippen molar-refractivity contribution in [1.82, 2.24) is 0 Å². The van der Waals surface area contributed by atoms with E-state index in [1.165, 1.54) is 24.4 Å². The lowest BCUT2D eigenvalue weighted by molar-refractivity contribution is -0.385. The molecule has 0 aliphatic heterocycles. The van der Waals surface area contributed by atoms with Crippen LogP contribution in [-0.2, 0) is 16.1 Å². The van der Waals surface area contributed by atoms with Gasteiger partial charge in [-0.1, -0.05) is 18.8 Å². The predicted octanol–water partition coefficient (Wildman–Crippen LogP) is 2.56. The number of ether oxygens (including phenoxy) is 1. The van der Waals surface area contributed by atoms with Gasteiger partial charge in [0.2, 0.25) is 0 Å². The van der Waals surface area contributed by atoms with E-state index in [1.807, 2.05) is 0 Å². The Morgan fingerprint density at radius 3 is 2.72 bits per heavy atom. The van der Waals surface area contributed by atoms with Crippen molar-refractivity contribution in [3.63, 3.8) is 0 Å². The minimum Gasteiger partial charge on any atom is -0.457 e. The van der Waals surface area contributed by atoms with Crippen LogP contribution >= 0.6 is 12.2 Å². The molecule has 0 heterocycles. The highest BCUT2D eigenvalue weighted by molar-refractivity contribution is 7.79. The quantitative estimate of drug-likeness (QED) is 0.269. The highest BCUT2D eigenvalue weighted by Crippen LogP contribution is 2.17. The second-order valence-electron chi connectivity index (χ2n) is 3.66. The van der Waals surface area contributed by atoms with Crippen LogP contribution in [0.1, 0.15) is 18.1 Å². The van der Waals surface area contributed by atoms with Crippen LogP contribution in [0.15, 0.2) is 30.4 Å². The first-order valence-corrected chi connectivity index (χ1v) is 5.47. The number of benzene rings is 1. The molecule has 0 saturated carbocycles. The van der Waals surface area contributed by atoms with Crippen LogP contribution in [0.2, 0.25) is 0 Å². The summed E-state index contributed by atoms with van der Waals surface area (Å²) in [5.74, 6) is -0.537. The summed E-state index contributed by atoms with van der Waals surface area (Å²) in [7, 11) is 0. The molecule has 0 aliphatic rings. The molecular formula is C12H11NO4S. The average molecular weight is 265 g/mol. The number of thiocarbonyl (C=S) groups is 1. The number of carbonyl (C=O) groups excluding carboxylic acids is 1. The molecule has 0 N–H and O–H groups in total. The summed E-state index contributed by atoms with van der Waals surface area (Å²) in [6.45, 7) is 4.92. The minimum atomic E-state index is -0.537. The number of non-ortho nitro benzene ring substituents is 1. The van der Waals surface area contributed by atoms with Gasteiger partial charge in [-0.2, -0.15) is 0 Å². The van der Waals surface area contributed by atoms with Crippen LogP contribution in [0.25, 0.3) is 0 Å². The van der Waals surface area contributed by atoms with E-state index in [9.17, 15) is 14.9 Å². The summed E-state index contributed by atoms with van der Waals surface area (Å²) < 4.78 is 4.91. The number of carbonyl (C=O) groups is 1. The Balaban J connectivity index is 2.91. The molecule has 94 valence electrons. The van der Waals surface area contributed by atoms with Crippen molar-refractivity contribution in [1.29, 1.82) is 0 Å². The van der Waals surface area contributed by atoms with Gasteiger partial charge in [0.15, 0.2) is 0 Å². The molecule has 0 radical (unpaired) electrons. The molecule has 5 nitrogen and oxygen atoms in total. The van der Waals surface area contributed by atoms with E-state index in [1.54, 1.807) is 6.07 Å². The van der Waals surface area contributed by atoms with Gasteiger partial charge in [-0.05, 0) is 24.1 Å². The first kappa shape index (κ1) is 14.0. The molecule has 0 unspecified atom stereocenters. The van der Waals surface area contributed by atoms with Gasteiger partial charge in [0.1, 0.15) is 6.61 Å². The van der Waals surface area contributed by atoms with Crippen molar-refractivity contribution in [3.05, 3.63) is 51.6 Å². The first-order valence-electron chi connectivity index (χ1n) is 5.00. The Kier molecular flexibility index (Phi) is 4.67.